The second-order valence-corrected chi connectivity index (χ2v) is 12.2. The van der Waals surface area contributed by atoms with Gasteiger partial charge in [-0.1, -0.05) is 6.07 Å². The Balaban J connectivity index is 1.49. The van der Waals surface area contributed by atoms with Crippen molar-refractivity contribution in [1.29, 1.82) is 5.26 Å². The van der Waals surface area contributed by atoms with Gasteiger partial charge in [-0.25, -0.2) is 0 Å². The number of benzene rings is 2. The molecule has 0 bridgehead atoms. The Morgan fingerprint density at radius 3 is 2.41 bits per heavy atom. The van der Waals surface area contributed by atoms with E-state index in [4.69, 9.17) is 13.9 Å². The SMILES string of the molecule is COc1cc(C(=O)N(C)C)ccc1-c1cc2nccc(-c3ccc(OC4CC(C)(C)NC(C)(C)C4)c(C#N)c3)c2o1. The van der Waals surface area contributed by atoms with Crippen LogP contribution in [0.4, 0.5) is 0 Å². The molecule has 1 fully saturated rings. The molecule has 8 nitrogen and oxygen atoms in total. The topological polar surface area (TPSA) is 101 Å². The highest BCUT2D eigenvalue weighted by atomic mass is 16.5. The average molecular weight is 553 g/mol. The third-order valence-corrected chi connectivity index (χ3v) is 7.39. The number of ether oxygens (including phenoxy) is 2. The van der Waals surface area contributed by atoms with Crippen LogP contribution in [0.15, 0.2) is 59.1 Å². The first-order valence-electron chi connectivity index (χ1n) is 13.7. The molecule has 0 atom stereocenters. The predicted octanol–water partition coefficient (Wildman–Crippen LogP) is 6.43. The van der Waals surface area contributed by atoms with Gasteiger partial charge in [0.2, 0.25) is 0 Å². The van der Waals surface area contributed by atoms with Crippen LogP contribution in [0.3, 0.4) is 0 Å². The smallest absolute Gasteiger partial charge is 0.253 e. The van der Waals surface area contributed by atoms with E-state index in [1.165, 1.54) is 4.90 Å². The van der Waals surface area contributed by atoms with Crippen molar-refractivity contribution in [3.05, 3.63) is 65.9 Å². The van der Waals surface area contributed by atoms with E-state index in [0.29, 0.717) is 45.0 Å². The number of furan rings is 1. The van der Waals surface area contributed by atoms with Crippen molar-refractivity contribution in [2.24, 2.45) is 0 Å². The molecule has 4 aromatic rings. The number of piperidine rings is 1. The number of hydrogen-bond donors (Lipinski definition) is 1. The molecule has 1 saturated heterocycles. The minimum absolute atomic E-state index is 0.00569. The van der Waals surface area contributed by atoms with Crippen LogP contribution in [0, 0.1) is 11.3 Å². The van der Waals surface area contributed by atoms with E-state index in [1.54, 1.807) is 39.5 Å². The number of hydrogen-bond acceptors (Lipinski definition) is 7. The van der Waals surface area contributed by atoms with E-state index < -0.39 is 0 Å². The number of carbonyl (C=O) groups excluding carboxylic acids is 1. The summed E-state index contributed by atoms with van der Waals surface area (Å²) >= 11 is 0. The highest BCUT2D eigenvalue weighted by Crippen LogP contribution is 2.39. The van der Waals surface area contributed by atoms with Crippen molar-refractivity contribution in [3.63, 3.8) is 0 Å². The summed E-state index contributed by atoms with van der Waals surface area (Å²) in [5.41, 5.74) is 4.47. The van der Waals surface area contributed by atoms with Gasteiger partial charge in [-0.05, 0) is 69.7 Å². The number of carbonyl (C=O) groups is 1. The monoisotopic (exact) mass is 552 g/mol. The van der Waals surface area contributed by atoms with E-state index >= 15 is 0 Å². The number of pyridine rings is 1. The molecule has 0 saturated carbocycles. The highest BCUT2D eigenvalue weighted by Gasteiger charge is 2.39. The molecule has 1 aliphatic heterocycles. The van der Waals surface area contributed by atoms with E-state index in [9.17, 15) is 10.1 Å². The second kappa shape index (κ2) is 10.6. The van der Waals surface area contributed by atoms with Crippen LogP contribution < -0.4 is 14.8 Å². The normalized spacial score (nSPS) is 16.2. The third-order valence-electron chi connectivity index (χ3n) is 7.39. The van der Waals surface area contributed by atoms with Gasteiger partial charge < -0.3 is 24.1 Å². The van der Waals surface area contributed by atoms with Gasteiger partial charge in [-0.3, -0.25) is 9.78 Å². The Labute approximate surface area is 240 Å². The first-order valence-corrected chi connectivity index (χ1v) is 13.7. The van der Waals surface area contributed by atoms with Gasteiger partial charge >= 0.3 is 0 Å². The maximum atomic E-state index is 12.4. The zero-order valence-electron chi connectivity index (χ0n) is 24.7. The van der Waals surface area contributed by atoms with Crippen molar-refractivity contribution in [3.8, 4) is 40.0 Å². The molecule has 212 valence electrons. The van der Waals surface area contributed by atoms with Crippen LogP contribution in [0.5, 0.6) is 11.5 Å². The Bertz CT molecular complexity index is 1650. The number of fused-ring (bicyclic) bond motifs is 1. The second-order valence-electron chi connectivity index (χ2n) is 12.2. The quantitative estimate of drug-likeness (QED) is 0.294. The first-order chi connectivity index (χ1) is 19.4. The Kier molecular flexibility index (Phi) is 7.26. The van der Waals surface area contributed by atoms with Gasteiger partial charge in [-0.2, -0.15) is 5.26 Å². The van der Waals surface area contributed by atoms with Crippen LogP contribution in [-0.2, 0) is 0 Å². The molecule has 0 unspecified atom stereocenters. The largest absolute Gasteiger partial charge is 0.496 e. The molecular formula is C33H36N4O4. The summed E-state index contributed by atoms with van der Waals surface area (Å²) in [6, 6.07) is 17.0. The van der Waals surface area contributed by atoms with Crippen molar-refractivity contribution >= 4 is 17.0 Å². The fourth-order valence-electron chi connectivity index (χ4n) is 5.96. The minimum Gasteiger partial charge on any atom is -0.496 e. The lowest BCUT2D eigenvalue weighted by molar-refractivity contribution is 0.0557. The van der Waals surface area contributed by atoms with Crippen molar-refractivity contribution in [2.75, 3.05) is 21.2 Å². The first kappa shape index (κ1) is 28.2. The molecule has 3 heterocycles. The molecule has 8 heteroatoms. The summed E-state index contributed by atoms with van der Waals surface area (Å²) in [6.07, 6.45) is 3.41. The van der Waals surface area contributed by atoms with E-state index in [2.05, 4.69) is 44.1 Å². The number of aromatic nitrogens is 1. The van der Waals surface area contributed by atoms with E-state index in [1.807, 2.05) is 36.4 Å². The number of methoxy groups -OCH3 is 1. The molecule has 0 radical (unpaired) electrons. The van der Waals surface area contributed by atoms with Crippen molar-refractivity contribution in [2.45, 2.75) is 57.7 Å². The van der Waals surface area contributed by atoms with Gasteiger partial charge in [0.1, 0.15) is 34.9 Å². The zero-order valence-corrected chi connectivity index (χ0v) is 24.7. The summed E-state index contributed by atoms with van der Waals surface area (Å²) < 4.78 is 18.4. The number of nitriles is 1. The van der Waals surface area contributed by atoms with E-state index in [-0.39, 0.29) is 23.1 Å². The molecule has 1 aliphatic rings. The van der Waals surface area contributed by atoms with Gasteiger partial charge in [0.15, 0.2) is 5.58 Å². The van der Waals surface area contributed by atoms with Crippen molar-refractivity contribution < 1.29 is 18.7 Å². The lowest BCUT2D eigenvalue weighted by Crippen LogP contribution is -2.60. The number of nitrogens with zero attached hydrogens (tertiary/aromatic N) is 3. The van der Waals surface area contributed by atoms with Gasteiger partial charge in [0.05, 0.1) is 18.2 Å². The Hall–Kier alpha value is -4.35. The van der Waals surface area contributed by atoms with Crippen LogP contribution in [0.2, 0.25) is 0 Å². The lowest BCUT2D eigenvalue weighted by atomic mass is 9.81. The lowest BCUT2D eigenvalue weighted by Gasteiger charge is -2.46. The summed E-state index contributed by atoms with van der Waals surface area (Å²) in [4.78, 5) is 18.5. The highest BCUT2D eigenvalue weighted by molar-refractivity contribution is 5.96. The van der Waals surface area contributed by atoms with Crippen LogP contribution in [0.1, 0.15) is 56.5 Å². The Morgan fingerprint density at radius 2 is 1.76 bits per heavy atom. The predicted molar refractivity (Wildman–Crippen MR) is 159 cm³/mol. The fraction of sp³-hybridized carbons (Fsp3) is 0.364. The molecule has 0 spiro atoms. The number of nitrogens with one attached hydrogen (secondary N) is 1. The summed E-state index contributed by atoms with van der Waals surface area (Å²) in [6.45, 7) is 8.71. The van der Waals surface area contributed by atoms with Gasteiger partial charge in [0.25, 0.3) is 5.91 Å². The molecule has 2 aromatic heterocycles. The summed E-state index contributed by atoms with van der Waals surface area (Å²) in [5, 5.41) is 13.7. The molecule has 2 aromatic carbocycles. The molecule has 41 heavy (non-hydrogen) atoms. The summed E-state index contributed by atoms with van der Waals surface area (Å²) in [7, 11) is 4.98. The van der Waals surface area contributed by atoms with Crippen LogP contribution >= 0.6 is 0 Å². The standard InChI is InChI=1S/C33H36N4O4/c1-32(2)17-23(18-33(3,4)36-32)40-27-11-9-20(14-22(27)19-34)24-12-13-35-26-16-29(41-30(24)26)25-10-8-21(15-28(25)39-7)31(38)37(5)6/h8-16,23,36H,17-18H2,1-7H3. The number of amides is 1. The molecule has 5 rings (SSSR count). The van der Waals surface area contributed by atoms with E-state index in [0.717, 1.165) is 24.0 Å². The van der Waals surface area contributed by atoms with Gasteiger partial charge in [0, 0.05) is 61.4 Å². The minimum atomic E-state index is -0.114. The maximum absolute atomic E-state index is 12.4. The van der Waals surface area contributed by atoms with Crippen LogP contribution in [-0.4, -0.2) is 54.2 Å². The molecule has 1 amide bonds. The summed E-state index contributed by atoms with van der Waals surface area (Å²) in [5.74, 6) is 1.56. The fourth-order valence-corrected chi connectivity index (χ4v) is 5.96. The average Bonchev–Trinajstić information content (AvgIpc) is 3.35. The zero-order chi connectivity index (χ0) is 29.5. The molecular weight excluding hydrogens is 516 g/mol. The number of rotatable bonds is 6. The molecule has 0 aliphatic carbocycles. The molecule has 1 N–H and O–H groups in total. The maximum Gasteiger partial charge on any atom is 0.253 e. The van der Waals surface area contributed by atoms with Crippen LogP contribution in [0.25, 0.3) is 33.6 Å². The Morgan fingerprint density at radius 1 is 1.02 bits per heavy atom. The third kappa shape index (κ3) is 5.77. The van der Waals surface area contributed by atoms with Crippen molar-refractivity contribution in [1.82, 2.24) is 15.2 Å². The van der Waals surface area contributed by atoms with Gasteiger partial charge in [-0.15, -0.1) is 0 Å².